The van der Waals surface area contributed by atoms with Crippen LogP contribution in [0.4, 0.5) is 5.69 Å². The van der Waals surface area contributed by atoms with Crippen molar-refractivity contribution in [2.45, 2.75) is 19.9 Å². The van der Waals surface area contributed by atoms with Gasteiger partial charge in [0, 0.05) is 10.6 Å². The van der Waals surface area contributed by atoms with Crippen molar-refractivity contribution >= 4 is 23.0 Å². The number of hydrogen-bond acceptors (Lipinski definition) is 4. The lowest BCUT2D eigenvalue weighted by molar-refractivity contribution is -0.141. The van der Waals surface area contributed by atoms with Crippen molar-refractivity contribution in [1.82, 2.24) is 0 Å². The Balaban J connectivity index is 2.27. The van der Waals surface area contributed by atoms with Gasteiger partial charge in [-0.05, 0) is 43.0 Å². The van der Waals surface area contributed by atoms with Crippen LogP contribution in [0.15, 0.2) is 35.7 Å². The fourth-order valence-electron chi connectivity index (χ4n) is 1.85. The maximum absolute atomic E-state index is 12.0. The average molecular weight is 275 g/mol. The minimum Gasteiger partial charge on any atom is -0.467 e. The zero-order chi connectivity index (χ0) is 13.8. The van der Waals surface area contributed by atoms with Crippen LogP contribution in [-0.2, 0) is 9.53 Å². The number of carbonyl (C=O) groups excluding carboxylic acids is 1. The summed E-state index contributed by atoms with van der Waals surface area (Å²) in [4.78, 5) is 12.9. The van der Waals surface area contributed by atoms with Gasteiger partial charge in [-0.1, -0.05) is 17.7 Å². The van der Waals surface area contributed by atoms with Gasteiger partial charge in [0.05, 0.1) is 7.11 Å². The average Bonchev–Trinajstić information content (AvgIpc) is 2.83. The summed E-state index contributed by atoms with van der Waals surface area (Å²) >= 11 is 1.56. The molecule has 1 aromatic heterocycles. The van der Waals surface area contributed by atoms with Crippen molar-refractivity contribution in [3.05, 3.63) is 51.7 Å². The molecule has 2 rings (SSSR count). The third kappa shape index (κ3) is 3.15. The lowest BCUT2D eigenvalue weighted by Gasteiger charge is -2.17. The van der Waals surface area contributed by atoms with Gasteiger partial charge in [0.2, 0.25) is 0 Å². The van der Waals surface area contributed by atoms with Gasteiger partial charge in [-0.3, -0.25) is 0 Å². The van der Waals surface area contributed by atoms with Gasteiger partial charge in [-0.15, -0.1) is 11.3 Å². The number of benzene rings is 1. The Morgan fingerprint density at radius 2 is 1.89 bits per heavy atom. The Labute approximate surface area is 117 Å². The largest absolute Gasteiger partial charge is 0.467 e. The van der Waals surface area contributed by atoms with Crippen molar-refractivity contribution in [1.29, 1.82) is 0 Å². The summed E-state index contributed by atoms with van der Waals surface area (Å²) in [7, 11) is 1.41. The second kappa shape index (κ2) is 5.89. The quantitative estimate of drug-likeness (QED) is 0.865. The second-order valence-corrected chi connectivity index (χ2v) is 5.38. The van der Waals surface area contributed by atoms with Crippen LogP contribution in [0.5, 0.6) is 0 Å². The van der Waals surface area contributed by atoms with Crippen LogP contribution in [0, 0.1) is 13.8 Å². The van der Waals surface area contributed by atoms with Crippen molar-refractivity contribution in [2.24, 2.45) is 0 Å². The first-order chi connectivity index (χ1) is 9.11. The molecule has 0 fully saturated rings. The number of thiophene rings is 1. The topological polar surface area (TPSA) is 38.3 Å². The molecule has 0 aliphatic rings. The Morgan fingerprint density at radius 3 is 2.42 bits per heavy atom. The van der Waals surface area contributed by atoms with Gasteiger partial charge in [0.15, 0.2) is 6.04 Å². The number of nitrogens with one attached hydrogen (secondary N) is 1. The molecule has 4 heteroatoms. The lowest BCUT2D eigenvalue weighted by Crippen LogP contribution is -2.22. The molecular weight excluding hydrogens is 258 g/mol. The van der Waals surface area contributed by atoms with E-state index in [1.807, 2.05) is 49.6 Å². The molecular formula is C15H17NO2S. The molecule has 1 heterocycles. The SMILES string of the molecule is COC(=O)C(Nc1ccc(C)cc1)c1sccc1C. The number of carbonyl (C=O) groups is 1. The summed E-state index contributed by atoms with van der Waals surface area (Å²) in [5, 5.41) is 5.22. The Kier molecular flexibility index (Phi) is 4.22. The minimum atomic E-state index is -0.451. The number of hydrogen-bond donors (Lipinski definition) is 1. The fourth-order valence-corrected chi connectivity index (χ4v) is 2.81. The molecule has 0 radical (unpaired) electrons. The van der Waals surface area contributed by atoms with E-state index in [-0.39, 0.29) is 5.97 Å². The first-order valence-corrected chi connectivity index (χ1v) is 6.95. The van der Waals surface area contributed by atoms with Crippen LogP contribution in [0.1, 0.15) is 22.0 Å². The van der Waals surface area contributed by atoms with Crippen molar-refractivity contribution in [2.75, 3.05) is 12.4 Å². The van der Waals surface area contributed by atoms with E-state index in [9.17, 15) is 4.79 Å². The monoisotopic (exact) mass is 275 g/mol. The summed E-state index contributed by atoms with van der Waals surface area (Å²) in [6.45, 7) is 4.03. The molecule has 0 amide bonds. The van der Waals surface area contributed by atoms with Crippen LogP contribution < -0.4 is 5.32 Å². The highest BCUT2D eigenvalue weighted by Gasteiger charge is 2.24. The molecule has 0 bridgehead atoms. The van der Waals surface area contributed by atoms with E-state index in [1.165, 1.54) is 12.7 Å². The summed E-state index contributed by atoms with van der Waals surface area (Å²) in [5.41, 5.74) is 3.20. The molecule has 0 spiro atoms. The molecule has 0 saturated carbocycles. The van der Waals surface area contributed by atoms with Gasteiger partial charge >= 0.3 is 5.97 Å². The van der Waals surface area contributed by atoms with Crippen molar-refractivity contribution < 1.29 is 9.53 Å². The minimum absolute atomic E-state index is 0.272. The summed E-state index contributed by atoms with van der Waals surface area (Å²) < 4.78 is 4.89. The third-order valence-corrected chi connectivity index (χ3v) is 4.05. The summed E-state index contributed by atoms with van der Waals surface area (Å²) in [6.07, 6.45) is 0. The molecule has 100 valence electrons. The Bertz CT molecular complexity index is 560. The number of aryl methyl sites for hydroxylation is 2. The molecule has 19 heavy (non-hydrogen) atoms. The third-order valence-electron chi connectivity index (χ3n) is 2.96. The van der Waals surface area contributed by atoms with Crippen molar-refractivity contribution in [3.63, 3.8) is 0 Å². The molecule has 2 aromatic rings. The van der Waals surface area contributed by atoms with Gasteiger partial charge in [0.25, 0.3) is 0 Å². The van der Waals surface area contributed by atoms with E-state index >= 15 is 0 Å². The second-order valence-electron chi connectivity index (χ2n) is 4.43. The van der Waals surface area contributed by atoms with Gasteiger partial charge < -0.3 is 10.1 Å². The maximum atomic E-state index is 12.0. The maximum Gasteiger partial charge on any atom is 0.333 e. The van der Waals surface area contributed by atoms with Crippen LogP contribution in [-0.4, -0.2) is 13.1 Å². The van der Waals surface area contributed by atoms with E-state index in [1.54, 1.807) is 11.3 Å². The molecule has 0 aliphatic heterocycles. The standard InChI is InChI=1S/C15H17NO2S/c1-10-4-6-12(7-5-10)16-13(15(17)18-3)14-11(2)8-9-19-14/h4-9,13,16H,1-3H3. The van der Waals surface area contributed by atoms with Crippen LogP contribution in [0.3, 0.4) is 0 Å². The van der Waals surface area contributed by atoms with E-state index in [0.29, 0.717) is 0 Å². The number of esters is 1. The number of anilines is 1. The molecule has 1 unspecified atom stereocenters. The summed E-state index contributed by atoms with van der Waals surface area (Å²) in [5.74, 6) is -0.272. The van der Waals surface area contributed by atoms with Crippen LogP contribution >= 0.6 is 11.3 Å². The van der Waals surface area contributed by atoms with E-state index in [4.69, 9.17) is 4.74 Å². The fraction of sp³-hybridized carbons (Fsp3) is 0.267. The zero-order valence-corrected chi connectivity index (χ0v) is 12.1. The number of rotatable bonds is 4. The number of ether oxygens (including phenoxy) is 1. The van der Waals surface area contributed by atoms with Gasteiger partial charge in [-0.25, -0.2) is 4.79 Å². The van der Waals surface area contributed by atoms with Crippen molar-refractivity contribution in [3.8, 4) is 0 Å². The number of methoxy groups -OCH3 is 1. The Morgan fingerprint density at radius 1 is 1.21 bits per heavy atom. The molecule has 1 atom stereocenters. The van der Waals surface area contributed by atoms with E-state index < -0.39 is 6.04 Å². The van der Waals surface area contributed by atoms with Gasteiger partial charge in [0.1, 0.15) is 0 Å². The molecule has 0 aliphatic carbocycles. The van der Waals surface area contributed by atoms with E-state index in [0.717, 1.165) is 16.1 Å². The predicted molar refractivity (Wildman–Crippen MR) is 78.6 cm³/mol. The van der Waals surface area contributed by atoms with Gasteiger partial charge in [-0.2, -0.15) is 0 Å². The molecule has 3 nitrogen and oxygen atoms in total. The summed E-state index contributed by atoms with van der Waals surface area (Å²) in [6, 6.07) is 9.51. The van der Waals surface area contributed by atoms with Crippen LogP contribution in [0.2, 0.25) is 0 Å². The predicted octanol–water partition coefficient (Wildman–Crippen LogP) is 3.69. The highest BCUT2D eigenvalue weighted by Crippen LogP contribution is 2.28. The smallest absolute Gasteiger partial charge is 0.333 e. The molecule has 1 N–H and O–H groups in total. The van der Waals surface area contributed by atoms with Crippen LogP contribution in [0.25, 0.3) is 0 Å². The normalized spacial score (nSPS) is 11.9. The molecule has 1 aromatic carbocycles. The molecule has 0 saturated heterocycles. The zero-order valence-electron chi connectivity index (χ0n) is 11.3. The first kappa shape index (κ1) is 13.6. The van der Waals surface area contributed by atoms with E-state index in [2.05, 4.69) is 5.32 Å². The first-order valence-electron chi connectivity index (χ1n) is 6.07. The highest BCUT2D eigenvalue weighted by atomic mass is 32.1. The lowest BCUT2D eigenvalue weighted by atomic mass is 10.1. The highest BCUT2D eigenvalue weighted by molar-refractivity contribution is 7.10. The Hall–Kier alpha value is -1.81.